The first-order valence-corrected chi connectivity index (χ1v) is 5.05. The van der Waals surface area contributed by atoms with Gasteiger partial charge in [-0.15, -0.1) is 0 Å². The normalized spacial score (nSPS) is 19.2. The number of hydrazine groups is 1. The van der Waals surface area contributed by atoms with Crippen LogP contribution in [0.15, 0.2) is 12.2 Å². The fraction of sp³-hybridized carbons (Fsp3) is 0.700. The van der Waals surface area contributed by atoms with Crippen LogP contribution in [0.2, 0.25) is 0 Å². The zero-order valence-electron chi connectivity index (χ0n) is 8.25. The monoisotopic (exact) mass is 182 g/mol. The molecule has 1 rings (SSSR count). The van der Waals surface area contributed by atoms with Crippen molar-refractivity contribution in [1.82, 2.24) is 10.4 Å². The first-order valence-electron chi connectivity index (χ1n) is 5.05. The summed E-state index contributed by atoms with van der Waals surface area (Å²) in [5, 5.41) is 2.01. The lowest BCUT2D eigenvalue weighted by atomic mass is 10.2. The molecule has 0 aromatic carbocycles. The molecule has 0 aromatic rings. The van der Waals surface area contributed by atoms with Crippen LogP contribution in [-0.2, 0) is 4.79 Å². The van der Waals surface area contributed by atoms with Crippen LogP contribution in [0.5, 0.6) is 0 Å². The minimum atomic E-state index is 0.00347. The Morgan fingerprint density at radius 3 is 2.69 bits per heavy atom. The number of piperidine rings is 1. The third kappa shape index (κ3) is 4.08. The van der Waals surface area contributed by atoms with Gasteiger partial charge in [0.05, 0.1) is 0 Å². The maximum atomic E-state index is 11.2. The van der Waals surface area contributed by atoms with Gasteiger partial charge in [-0.3, -0.25) is 10.2 Å². The topological polar surface area (TPSA) is 32.3 Å². The number of amides is 1. The van der Waals surface area contributed by atoms with E-state index in [1.54, 1.807) is 6.08 Å². The van der Waals surface area contributed by atoms with Crippen LogP contribution in [0, 0.1) is 0 Å². The molecule has 0 bridgehead atoms. The van der Waals surface area contributed by atoms with Crippen LogP contribution < -0.4 is 5.43 Å². The van der Waals surface area contributed by atoms with E-state index in [0.29, 0.717) is 0 Å². The number of allylic oxidation sites excluding steroid dienone is 1. The van der Waals surface area contributed by atoms with E-state index >= 15 is 0 Å². The molecule has 1 N–H and O–H groups in total. The molecule has 1 amide bonds. The highest BCUT2D eigenvalue weighted by atomic mass is 16.2. The molecule has 3 heteroatoms. The van der Waals surface area contributed by atoms with Gasteiger partial charge in [-0.1, -0.05) is 19.4 Å². The Bertz CT molecular complexity index is 183. The predicted octanol–water partition coefficient (Wildman–Crippen LogP) is 1.47. The highest BCUT2D eigenvalue weighted by Crippen LogP contribution is 2.05. The van der Waals surface area contributed by atoms with E-state index < -0.39 is 0 Å². The minimum Gasteiger partial charge on any atom is -0.285 e. The third-order valence-corrected chi connectivity index (χ3v) is 2.13. The SMILES string of the molecule is CC/C=C/C(=O)NN1CCCCC1. The maximum Gasteiger partial charge on any atom is 0.257 e. The number of hydrogen-bond donors (Lipinski definition) is 1. The van der Waals surface area contributed by atoms with E-state index in [9.17, 15) is 4.79 Å². The second kappa shape index (κ2) is 5.75. The van der Waals surface area contributed by atoms with E-state index in [2.05, 4.69) is 5.43 Å². The quantitative estimate of drug-likeness (QED) is 0.670. The molecule has 0 spiro atoms. The Balaban J connectivity index is 2.22. The molecule has 1 fully saturated rings. The summed E-state index contributed by atoms with van der Waals surface area (Å²) >= 11 is 0. The molecule has 0 radical (unpaired) electrons. The number of carbonyl (C=O) groups excluding carboxylic acids is 1. The molecule has 0 aliphatic carbocycles. The number of rotatable bonds is 3. The van der Waals surface area contributed by atoms with E-state index in [1.165, 1.54) is 19.3 Å². The maximum absolute atomic E-state index is 11.2. The van der Waals surface area contributed by atoms with Gasteiger partial charge >= 0.3 is 0 Å². The van der Waals surface area contributed by atoms with Crippen molar-refractivity contribution >= 4 is 5.91 Å². The zero-order valence-corrected chi connectivity index (χ0v) is 8.25. The van der Waals surface area contributed by atoms with Crippen molar-refractivity contribution in [3.63, 3.8) is 0 Å². The summed E-state index contributed by atoms with van der Waals surface area (Å²) in [7, 11) is 0. The molecule has 1 aliphatic rings. The van der Waals surface area contributed by atoms with Gasteiger partial charge < -0.3 is 0 Å². The number of nitrogens with zero attached hydrogens (tertiary/aromatic N) is 1. The molecule has 1 aliphatic heterocycles. The Kier molecular flexibility index (Phi) is 4.54. The second-order valence-electron chi connectivity index (χ2n) is 3.33. The Labute approximate surface area is 79.8 Å². The lowest BCUT2D eigenvalue weighted by Crippen LogP contribution is -2.44. The van der Waals surface area contributed by atoms with Gasteiger partial charge in [-0.2, -0.15) is 0 Å². The molecule has 0 saturated carbocycles. The molecule has 1 saturated heterocycles. The van der Waals surface area contributed by atoms with Crippen molar-refractivity contribution < 1.29 is 4.79 Å². The smallest absolute Gasteiger partial charge is 0.257 e. The lowest BCUT2D eigenvalue weighted by molar-refractivity contribution is -0.121. The molecule has 0 atom stereocenters. The van der Waals surface area contributed by atoms with Crippen LogP contribution in [-0.4, -0.2) is 24.0 Å². The van der Waals surface area contributed by atoms with Crippen LogP contribution >= 0.6 is 0 Å². The fourth-order valence-corrected chi connectivity index (χ4v) is 1.42. The molecular formula is C10H18N2O. The van der Waals surface area contributed by atoms with Crippen LogP contribution in [0.1, 0.15) is 32.6 Å². The van der Waals surface area contributed by atoms with Crippen molar-refractivity contribution in [1.29, 1.82) is 0 Å². The second-order valence-corrected chi connectivity index (χ2v) is 3.33. The van der Waals surface area contributed by atoms with E-state index in [-0.39, 0.29) is 5.91 Å². The average molecular weight is 182 g/mol. The van der Waals surface area contributed by atoms with E-state index in [1.807, 2.05) is 18.0 Å². The van der Waals surface area contributed by atoms with Crippen LogP contribution in [0.25, 0.3) is 0 Å². The minimum absolute atomic E-state index is 0.00347. The predicted molar refractivity (Wildman–Crippen MR) is 53.0 cm³/mol. The molecule has 3 nitrogen and oxygen atoms in total. The van der Waals surface area contributed by atoms with Gasteiger partial charge in [-0.25, -0.2) is 5.01 Å². The largest absolute Gasteiger partial charge is 0.285 e. The number of carbonyl (C=O) groups is 1. The Hall–Kier alpha value is -0.830. The number of hydrogen-bond acceptors (Lipinski definition) is 2. The van der Waals surface area contributed by atoms with Crippen molar-refractivity contribution in [3.8, 4) is 0 Å². The van der Waals surface area contributed by atoms with E-state index in [4.69, 9.17) is 0 Å². The molecular weight excluding hydrogens is 164 g/mol. The van der Waals surface area contributed by atoms with Crippen molar-refractivity contribution in [3.05, 3.63) is 12.2 Å². The Morgan fingerprint density at radius 2 is 2.08 bits per heavy atom. The molecule has 0 aromatic heterocycles. The molecule has 13 heavy (non-hydrogen) atoms. The first-order chi connectivity index (χ1) is 6.33. The summed E-state index contributed by atoms with van der Waals surface area (Å²) < 4.78 is 0. The standard InChI is InChI=1S/C10H18N2O/c1-2-3-7-10(13)11-12-8-5-4-6-9-12/h3,7H,2,4-6,8-9H2,1H3,(H,11,13)/b7-3+. The van der Waals surface area contributed by atoms with Crippen molar-refractivity contribution in [2.45, 2.75) is 32.6 Å². The van der Waals surface area contributed by atoms with Gasteiger partial charge in [0.2, 0.25) is 0 Å². The van der Waals surface area contributed by atoms with Crippen molar-refractivity contribution in [2.75, 3.05) is 13.1 Å². The van der Waals surface area contributed by atoms with E-state index in [0.717, 1.165) is 19.5 Å². The molecule has 0 unspecified atom stereocenters. The summed E-state index contributed by atoms with van der Waals surface area (Å²) in [5.74, 6) is 0.00347. The Morgan fingerprint density at radius 1 is 1.38 bits per heavy atom. The summed E-state index contributed by atoms with van der Waals surface area (Å²) in [6.07, 6.45) is 8.06. The van der Waals surface area contributed by atoms with Gasteiger partial charge in [0.25, 0.3) is 5.91 Å². The molecule has 1 heterocycles. The highest BCUT2D eigenvalue weighted by Gasteiger charge is 2.10. The van der Waals surface area contributed by atoms with Crippen LogP contribution in [0.3, 0.4) is 0 Å². The average Bonchev–Trinajstić information content (AvgIpc) is 2.16. The summed E-state index contributed by atoms with van der Waals surface area (Å²) in [6, 6.07) is 0. The van der Waals surface area contributed by atoms with Gasteiger partial charge in [-0.05, 0) is 19.3 Å². The lowest BCUT2D eigenvalue weighted by Gasteiger charge is -2.26. The zero-order chi connectivity index (χ0) is 9.52. The fourth-order valence-electron chi connectivity index (χ4n) is 1.42. The number of nitrogens with one attached hydrogen (secondary N) is 1. The van der Waals surface area contributed by atoms with Crippen molar-refractivity contribution in [2.24, 2.45) is 0 Å². The summed E-state index contributed by atoms with van der Waals surface area (Å²) in [5.41, 5.74) is 2.86. The summed E-state index contributed by atoms with van der Waals surface area (Å²) in [4.78, 5) is 11.2. The third-order valence-electron chi connectivity index (χ3n) is 2.13. The molecule has 74 valence electrons. The van der Waals surface area contributed by atoms with Crippen LogP contribution in [0.4, 0.5) is 0 Å². The highest BCUT2D eigenvalue weighted by molar-refractivity contribution is 5.86. The van der Waals surface area contributed by atoms with Gasteiger partial charge in [0, 0.05) is 19.2 Å². The first kappa shape index (κ1) is 10.3. The van der Waals surface area contributed by atoms with Gasteiger partial charge in [0.1, 0.15) is 0 Å². The summed E-state index contributed by atoms with van der Waals surface area (Å²) in [6.45, 7) is 4.00. The van der Waals surface area contributed by atoms with Gasteiger partial charge in [0.15, 0.2) is 0 Å².